The minimum Gasteiger partial charge on any atom is -0.481 e. The Morgan fingerprint density at radius 3 is 1.65 bits per heavy atom. The smallest absolute Gasteiger partial charge is 0.320 e. The molecule has 10 nitrogen and oxygen atoms in total. The molecule has 2 atom stereocenters. The molecule has 0 saturated carbocycles. The number of hydrogen-bond donors (Lipinski definition) is 4. The van der Waals surface area contributed by atoms with Crippen LogP contribution >= 0.6 is 0 Å². The van der Waals surface area contributed by atoms with Crippen LogP contribution in [0.5, 0.6) is 0 Å². The van der Waals surface area contributed by atoms with Gasteiger partial charge < -0.3 is 25.3 Å². The fraction of sp³-hybridized carbons (Fsp3) is 0.615. The standard InChI is InChI=1S/C13H17NO9/c1-5(15)14-4-2-3-6(7(10(16)17)11(18)19)9(14)8(12(20)21)13(22)23/h6-9H,2-4H2,1H3,(H,16,17)(H,18,19)(H,20,21)(H,22,23)/t6-,9-/m0/s1. The molecule has 23 heavy (non-hydrogen) atoms. The highest BCUT2D eigenvalue weighted by Gasteiger charge is 2.51. The largest absolute Gasteiger partial charge is 0.481 e. The van der Waals surface area contributed by atoms with E-state index in [-0.39, 0.29) is 19.4 Å². The molecule has 0 aromatic rings. The van der Waals surface area contributed by atoms with Crippen LogP contribution in [-0.4, -0.2) is 67.7 Å². The van der Waals surface area contributed by atoms with Crippen LogP contribution in [0.25, 0.3) is 0 Å². The van der Waals surface area contributed by atoms with Crippen LogP contribution in [0.2, 0.25) is 0 Å². The van der Waals surface area contributed by atoms with Crippen LogP contribution < -0.4 is 0 Å². The average Bonchev–Trinajstić information content (AvgIpc) is 2.38. The van der Waals surface area contributed by atoms with Crippen molar-refractivity contribution in [2.45, 2.75) is 25.8 Å². The van der Waals surface area contributed by atoms with Crippen molar-refractivity contribution in [2.24, 2.45) is 17.8 Å². The number of likely N-dealkylation sites (tertiary alicyclic amines) is 1. The second kappa shape index (κ2) is 7.07. The van der Waals surface area contributed by atoms with E-state index in [9.17, 15) is 24.0 Å². The number of carbonyl (C=O) groups is 5. The molecule has 0 radical (unpaired) electrons. The summed E-state index contributed by atoms with van der Waals surface area (Å²) in [4.78, 5) is 57.8. The van der Waals surface area contributed by atoms with Gasteiger partial charge in [0.25, 0.3) is 0 Å². The van der Waals surface area contributed by atoms with Crippen molar-refractivity contribution in [3.63, 3.8) is 0 Å². The fourth-order valence-corrected chi connectivity index (χ4v) is 3.08. The van der Waals surface area contributed by atoms with Gasteiger partial charge >= 0.3 is 23.9 Å². The average molecular weight is 331 g/mol. The van der Waals surface area contributed by atoms with E-state index >= 15 is 0 Å². The SMILES string of the molecule is CC(=O)N1CCC[C@@H](C(C(=O)O)C(=O)O)[C@H]1C(C(=O)O)C(=O)O. The lowest BCUT2D eigenvalue weighted by molar-refractivity contribution is -0.171. The number of carbonyl (C=O) groups excluding carboxylic acids is 1. The van der Waals surface area contributed by atoms with Gasteiger partial charge in [-0.2, -0.15) is 0 Å². The normalized spacial score (nSPS) is 21.3. The Morgan fingerprint density at radius 1 is 0.870 bits per heavy atom. The molecule has 1 aliphatic rings. The summed E-state index contributed by atoms with van der Waals surface area (Å²) in [7, 11) is 0. The zero-order valence-electron chi connectivity index (χ0n) is 12.2. The number of amides is 1. The van der Waals surface area contributed by atoms with E-state index in [0.717, 1.165) is 11.8 Å². The van der Waals surface area contributed by atoms with Crippen LogP contribution in [0.3, 0.4) is 0 Å². The van der Waals surface area contributed by atoms with Crippen molar-refractivity contribution in [1.82, 2.24) is 4.90 Å². The summed E-state index contributed by atoms with van der Waals surface area (Å²) in [5, 5.41) is 36.6. The highest BCUT2D eigenvalue weighted by Crippen LogP contribution is 2.35. The van der Waals surface area contributed by atoms with Crippen molar-refractivity contribution < 1.29 is 44.4 Å². The molecule has 0 aliphatic carbocycles. The molecular weight excluding hydrogens is 314 g/mol. The van der Waals surface area contributed by atoms with E-state index < -0.39 is 53.6 Å². The summed E-state index contributed by atoms with van der Waals surface area (Å²) >= 11 is 0. The van der Waals surface area contributed by atoms with Gasteiger partial charge in [-0.3, -0.25) is 24.0 Å². The summed E-state index contributed by atoms with van der Waals surface area (Å²) < 4.78 is 0. The van der Waals surface area contributed by atoms with Gasteiger partial charge in [0.05, 0.1) is 6.04 Å². The third-order valence-electron chi connectivity index (χ3n) is 3.97. The second-order valence-corrected chi connectivity index (χ2v) is 5.32. The lowest BCUT2D eigenvalue weighted by atomic mass is 9.74. The first-order valence-corrected chi connectivity index (χ1v) is 6.78. The summed E-state index contributed by atoms with van der Waals surface area (Å²) in [5.74, 6) is -13.0. The lowest BCUT2D eigenvalue weighted by Crippen LogP contribution is -2.58. The zero-order valence-corrected chi connectivity index (χ0v) is 12.2. The first kappa shape index (κ1) is 18.4. The van der Waals surface area contributed by atoms with Crippen molar-refractivity contribution in [1.29, 1.82) is 0 Å². The van der Waals surface area contributed by atoms with E-state index in [0.29, 0.717) is 0 Å². The second-order valence-electron chi connectivity index (χ2n) is 5.32. The molecule has 0 spiro atoms. The van der Waals surface area contributed by atoms with E-state index in [4.69, 9.17) is 20.4 Å². The number of aliphatic carboxylic acids is 4. The molecule has 128 valence electrons. The molecule has 1 rings (SSSR count). The number of nitrogens with zero attached hydrogens (tertiary/aromatic N) is 1. The van der Waals surface area contributed by atoms with Crippen molar-refractivity contribution in [3.8, 4) is 0 Å². The van der Waals surface area contributed by atoms with Crippen LogP contribution in [-0.2, 0) is 24.0 Å². The molecule has 4 N–H and O–H groups in total. The van der Waals surface area contributed by atoms with Gasteiger partial charge in [-0.15, -0.1) is 0 Å². The molecule has 1 aliphatic heterocycles. The summed E-state index contributed by atoms with van der Waals surface area (Å²) in [6.07, 6.45) is 0.249. The monoisotopic (exact) mass is 331 g/mol. The molecule has 0 aromatic heterocycles. The number of piperidine rings is 1. The van der Waals surface area contributed by atoms with Gasteiger partial charge in [0.2, 0.25) is 5.91 Å². The maximum absolute atomic E-state index is 11.7. The van der Waals surface area contributed by atoms with E-state index in [1.807, 2.05) is 0 Å². The molecule has 1 fully saturated rings. The van der Waals surface area contributed by atoms with Gasteiger partial charge in [0.15, 0.2) is 11.8 Å². The Bertz CT molecular complexity index is 516. The predicted molar refractivity (Wildman–Crippen MR) is 71.4 cm³/mol. The number of carboxylic acids is 4. The maximum atomic E-state index is 11.7. The van der Waals surface area contributed by atoms with Crippen LogP contribution in [0.1, 0.15) is 19.8 Å². The molecule has 0 bridgehead atoms. The van der Waals surface area contributed by atoms with E-state index in [1.165, 1.54) is 0 Å². The molecule has 0 aromatic carbocycles. The lowest BCUT2D eigenvalue weighted by Gasteiger charge is -2.43. The molecule has 0 unspecified atom stereocenters. The van der Waals surface area contributed by atoms with Gasteiger partial charge in [-0.1, -0.05) is 0 Å². The molecular formula is C13H17NO9. The highest BCUT2D eigenvalue weighted by atomic mass is 16.4. The number of rotatable bonds is 6. The summed E-state index contributed by atoms with van der Waals surface area (Å²) in [6.45, 7) is 1.13. The Morgan fingerprint density at radius 2 is 1.30 bits per heavy atom. The zero-order chi connectivity index (χ0) is 17.9. The van der Waals surface area contributed by atoms with Crippen molar-refractivity contribution in [2.75, 3.05) is 6.54 Å². The summed E-state index contributed by atoms with van der Waals surface area (Å²) in [6, 6.07) is -1.55. The molecule has 10 heteroatoms. The Kier molecular flexibility index (Phi) is 5.66. The minimum atomic E-state index is -2.11. The fourth-order valence-electron chi connectivity index (χ4n) is 3.08. The van der Waals surface area contributed by atoms with Crippen molar-refractivity contribution >= 4 is 29.8 Å². The van der Waals surface area contributed by atoms with Crippen LogP contribution in [0, 0.1) is 17.8 Å². The van der Waals surface area contributed by atoms with E-state index in [2.05, 4.69) is 0 Å². The molecule has 1 amide bonds. The Balaban J connectivity index is 3.42. The first-order chi connectivity index (χ1) is 10.6. The van der Waals surface area contributed by atoms with Crippen LogP contribution in [0.15, 0.2) is 0 Å². The highest BCUT2D eigenvalue weighted by molar-refractivity contribution is 5.96. The summed E-state index contributed by atoms with van der Waals surface area (Å²) in [5.41, 5.74) is 0. The Labute approximate surface area is 130 Å². The van der Waals surface area contributed by atoms with Gasteiger partial charge in [-0.05, 0) is 12.8 Å². The maximum Gasteiger partial charge on any atom is 0.320 e. The van der Waals surface area contributed by atoms with Gasteiger partial charge in [-0.25, -0.2) is 0 Å². The van der Waals surface area contributed by atoms with E-state index in [1.54, 1.807) is 0 Å². The minimum absolute atomic E-state index is 0.00519. The van der Waals surface area contributed by atoms with Crippen molar-refractivity contribution in [3.05, 3.63) is 0 Å². The Hall–Kier alpha value is -2.65. The number of carboxylic acid groups (broad SMARTS) is 4. The number of hydrogen-bond acceptors (Lipinski definition) is 5. The van der Waals surface area contributed by atoms with Gasteiger partial charge in [0.1, 0.15) is 0 Å². The first-order valence-electron chi connectivity index (χ1n) is 6.78. The molecule has 1 heterocycles. The van der Waals surface area contributed by atoms with Gasteiger partial charge in [0, 0.05) is 19.4 Å². The third-order valence-corrected chi connectivity index (χ3v) is 3.97. The molecule has 1 saturated heterocycles. The predicted octanol–water partition coefficient (Wildman–Crippen LogP) is -0.816. The topological polar surface area (TPSA) is 170 Å². The quantitative estimate of drug-likeness (QED) is 0.454. The van der Waals surface area contributed by atoms with Crippen LogP contribution in [0.4, 0.5) is 0 Å². The third kappa shape index (κ3) is 3.76.